The summed E-state index contributed by atoms with van der Waals surface area (Å²) < 4.78 is 33.3. The number of rotatable bonds is 7. The number of nitrogens with one attached hydrogen (secondary N) is 2. The zero-order valence-electron chi connectivity index (χ0n) is 16.1. The third-order valence-electron chi connectivity index (χ3n) is 4.60. The second-order valence-electron chi connectivity index (χ2n) is 6.74. The van der Waals surface area contributed by atoms with Crippen molar-refractivity contribution in [2.45, 2.75) is 24.7 Å². The Morgan fingerprint density at radius 3 is 2.54 bits per heavy atom. The maximum absolute atomic E-state index is 12.7. The van der Waals surface area contributed by atoms with Crippen molar-refractivity contribution in [2.24, 2.45) is 0 Å². The Hall–Kier alpha value is -2.58. The van der Waals surface area contributed by atoms with Crippen LogP contribution in [0, 0.1) is 0 Å². The Kier molecular flexibility index (Phi) is 6.21. The molecule has 1 heterocycles. The topological polar surface area (TPSA) is 87.7 Å². The maximum Gasteiger partial charge on any atom is 0.261 e. The lowest BCUT2D eigenvalue weighted by molar-refractivity contribution is -0.114. The van der Waals surface area contributed by atoms with Gasteiger partial charge in [-0.15, -0.1) is 0 Å². The van der Waals surface area contributed by atoms with Gasteiger partial charge in [-0.2, -0.15) is 0 Å². The number of anilines is 3. The number of carbonyl (C=O) groups is 1. The number of nitrogens with zero attached hydrogens (tertiary/aromatic N) is 1. The van der Waals surface area contributed by atoms with Gasteiger partial charge in [-0.25, -0.2) is 8.42 Å². The van der Waals surface area contributed by atoms with Gasteiger partial charge < -0.3 is 15.0 Å². The van der Waals surface area contributed by atoms with E-state index in [-0.39, 0.29) is 10.8 Å². The van der Waals surface area contributed by atoms with Crippen molar-refractivity contribution < 1.29 is 17.9 Å². The molecule has 0 atom stereocenters. The molecule has 0 spiro atoms. The summed E-state index contributed by atoms with van der Waals surface area (Å²) in [5.41, 5.74) is 3.33. The van der Waals surface area contributed by atoms with Crippen LogP contribution in [-0.2, 0) is 26.0 Å². The maximum atomic E-state index is 12.7. The number of benzene rings is 2. The quantitative estimate of drug-likeness (QED) is 0.742. The number of amides is 1. The smallest absolute Gasteiger partial charge is 0.261 e. The SMILES string of the molecule is COCCN1CCCc2ccc(NS(=O)(=O)c3ccc(NC(C)=O)cc3)cc21. The van der Waals surface area contributed by atoms with Gasteiger partial charge in [0.25, 0.3) is 10.0 Å². The van der Waals surface area contributed by atoms with Crippen LogP contribution >= 0.6 is 0 Å². The minimum Gasteiger partial charge on any atom is -0.383 e. The second kappa shape index (κ2) is 8.62. The molecule has 8 heteroatoms. The summed E-state index contributed by atoms with van der Waals surface area (Å²) in [6.07, 6.45) is 2.05. The molecule has 150 valence electrons. The predicted molar refractivity (Wildman–Crippen MR) is 110 cm³/mol. The number of hydrogen-bond acceptors (Lipinski definition) is 5. The van der Waals surface area contributed by atoms with Crippen LogP contribution < -0.4 is 14.9 Å². The van der Waals surface area contributed by atoms with Gasteiger partial charge in [0.1, 0.15) is 0 Å². The monoisotopic (exact) mass is 403 g/mol. The van der Waals surface area contributed by atoms with Gasteiger partial charge in [0, 0.05) is 38.5 Å². The molecule has 0 radical (unpaired) electrons. The third-order valence-corrected chi connectivity index (χ3v) is 6.00. The van der Waals surface area contributed by atoms with E-state index in [2.05, 4.69) is 14.9 Å². The molecule has 3 rings (SSSR count). The highest BCUT2D eigenvalue weighted by atomic mass is 32.2. The summed E-state index contributed by atoms with van der Waals surface area (Å²) in [7, 11) is -2.05. The lowest BCUT2D eigenvalue weighted by Crippen LogP contribution is -2.32. The van der Waals surface area contributed by atoms with Gasteiger partial charge in [0.05, 0.1) is 17.2 Å². The fourth-order valence-electron chi connectivity index (χ4n) is 3.28. The zero-order chi connectivity index (χ0) is 20.1. The van der Waals surface area contributed by atoms with Crippen LogP contribution in [0.2, 0.25) is 0 Å². The van der Waals surface area contributed by atoms with E-state index in [4.69, 9.17) is 4.74 Å². The minimum absolute atomic E-state index is 0.135. The van der Waals surface area contributed by atoms with E-state index in [1.54, 1.807) is 25.3 Å². The van der Waals surface area contributed by atoms with Crippen molar-refractivity contribution in [3.05, 3.63) is 48.0 Å². The standard InChI is InChI=1S/C20H25N3O4S/c1-15(24)21-17-7-9-19(10-8-17)28(25,26)22-18-6-5-16-4-3-11-23(12-13-27-2)20(16)14-18/h5-10,14,22H,3-4,11-13H2,1-2H3,(H,21,24). The molecule has 28 heavy (non-hydrogen) atoms. The van der Waals surface area contributed by atoms with Crippen molar-refractivity contribution in [1.29, 1.82) is 0 Å². The number of ether oxygens (including phenoxy) is 1. The lowest BCUT2D eigenvalue weighted by atomic mass is 10.0. The molecule has 0 aromatic heterocycles. The van der Waals surface area contributed by atoms with Gasteiger partial charge in [0.15, 0.2) is 0 Å². The van der Waals surface area contributed by atoms with E-state index in [1.165, 1.54) is 24.6 Å². The molecule has 7 nitrogen and oxygen atoms in total. The van der Waals surface area contributed by atoms with Crippen molar-refractivity contribution >= 4 is 33.0 Å². The average Bonchev–Trinajstić information content (AvgIpc) is 2.66. The molecule has 0 bridgehead atoms. The largest absolute Gasteiger partial charge is 0.383 e. The van der Waals surface area contributed by atoms with E-state index in [0.29, 0.717) is 18.0 Å². The first-order valence-electron chi connectivity index (χ1n) is 9.16. The predicted octanol–water partition coefficient (Wildman–Crippen LogP) is 2.84. The second-order valence-corrected chi connectivity index (χ2v) is 8.42. The Balaban J connectivity index is 1.79. The van der Waals surface area contributed by atoms with Crippen molar-refractivity contribution in [3.8, 4) is 0 Å². The number of aryl methyl sites for hydroxylation is 1. The lowest BCUT2D eigenvalue weighted by Gasteiger charge is -2.31. The molecule has 1 aliphatic heterocycles. The highest BCUT2D eigenvalue weighted by molar-refractivity contribution is 7.92. The van der Waals surface area contributed by atoms with E-state index < -0.39 is 10.0 Å². The Bertz CT molecular complexity index is 942. The first-order chi connectivity index (χ1) is 13.4. The molecule has 0 unspecified atom stereocenters. The van der Waals surface area contributed by atoms with E-state index in [0.717, 1.165) is 31.6 Å². The molecule has 2 N–H and O–H groups in total. The summed E-state index contributed by atoms with van der Waals surface area (Å²) in [6.45, 7) is 3.72. The third kappa shape index (κ3) is 4.82. The fraction of sp³-hybridized carbons (Fsp3) is 0.350. The summed E-state index contributed by atoms with van der Waals surface area (Å²) in [6, 6.07) is 11.7. The highest BCUT2D eigenvalue weighted by Gasteiger charge is 2.19. The first-order valence-corrected chi connectivity index (χ1v) is 10.6. The molecule has 0 fully saturated rings. The van der Waals surface area contributed by atoms with Gasteiger partial charge >= 0.3 is 0 Å². The van der Waals surface area contributed by atoms with Crippen molar-refractivity contribution in [3.63, 3.8) is 0 Å². The van der Waals surface area contributed by atoms with Gasteiger partial charge in [0.2, 0.25) is 5.91 Å². The molecule has 0 aliphatic carbocycles. The molecule has 0 saturated carbocycles. The Morgan fingerprint density at radius 2 is 1.86 bits per heavy atom. The molecular weight excluding hydrogens is 378 g/mol. The van der Waals surface area contributed by atoms with Gasteiger partial charge in [-0.05, 0) is 54.8 Å². The summed E-state index contributed by atoms with van der Waals surface area (Å²) in [5, 5.41) is 2.62. The zero-order valence-corrected chi connectivity index (χ0v) is 16.9. The Morgan fingerprint density at radius 1 is 1.14 bits per heavy atom. The molecule has 1 amide bonds. The van der Waals surface area contributed by atoms with Crippen LogP contribution in [-0.4, -0.2) is 41.1 Å². The molecule has 2 aromatic carbocycles. The molecular formula is C20H25N3O4S. The van der Waals surface area contributed by atoms with E-state index in [9.17, 15) is 13.2 Å². The number of hydrogen-bond donors (Lipinski definition) is 2. The van der Waals surface area contributed by atoms with Crippen LogP contribution in [0.15, 0.2) is 47.4 Å². The number of sulfonamides is 1. The van der Waals surface area contributed by atoms with Crippen LogP contribution in [0.5, 0.6) is 0 Å². The van der Waals surface area contributed by atoms with Crippen LogP contribution in [0.4, 0.5) is 17.1 Å². The first kappa shape index (κ1) is 20.2. The van der Waals surface area contributed by atoms with E-state index >= 15 is 0 Å². The summed E-state index contributed by atoms with van der Waals surface area (Å²) in [4.78, 5) is 13.5. The van der Waals surface area contributed by atoms with Gasteiger partial charge in [-0.1, -0.05) is 6.07 Å². The Labute approximate surface area is 165 Å². The highest BCUT2D eigenvalue weighted by Crippen LogP contribution is 2.31. The van der Waals surface area contributed by atoms with Crippen LogP contribution in [0.1, 0.15) is 18.9 Å². The summed E-state index contributed by atoms with van der Waals surface area (Å²) >= 11 is 0. The minimum atomic E-state index is -3.73. The van der Waals surface area contributed by atoms with E-state index in [1.807, 2.05) is 12.1 Å². The van der Waals surface area contributed by atoms with Crippen LogP contribution in [0.3, 0.4) is 0 Å². The fourth-order valence-corrected chi connectivity index (χ4v) is 4.33. The molecule has 1 aliphatic rings. The van der Waals surface area contributed by atoms with Gasteiger partial charge in [-0.3, -0.25) is 9.52 Å². The molecule has 0 saturated heterocycles. The number of fused-ring (bicyclic) bond motifs is 1. The van der Waals surface area contributed by atoms with Crippen LogP contribution in [0.25, 0.3) is 0 Å². The number of methoxy groups -OCH3 is 1. The summed E-state index contributed by atoms with van der Waals surface area (Å²) in [5.74, 6) is -0.208. The van der Waals surface area contributed by atoms with Crippen molar-refractivity contribution in [1.82, 2.24) is 0 Å². The molecule has 2 aromatic rings. The normalized spacial score (nSPS) is 13.7. The van der Waals surface area contributed by atoms with Crippen molar-refractivity contribution in [2.75, 3.05) is 41.7 Å². The average molecular weight is 404 g/mol. The number of carbonyl (C=O) groups excluding carboxylic acids is 1.